The van der Waals surface area contributed by atoms with Gasteiger partial charge in [0.25, 0.3) is 0 Å². The van der Waals surface area contributed by atoms with Crippen LogP contribution in [0, 0.1) is 0 Å². The van der Waals surface area contributed by atoms with Crippen molar-refractivity contribution in [2.45, 2.75) is 0 Å². The highest BCUT2D eigenvalue weighted by Gasteiger charge is 2.06. The minimum absolute atomic E-state index is 0. The summed E-state index contributed by atoms with van der Waals surface area (Å²) in [5.74, 6) is 0. The van der Waals surface area contributed by atoms with Crippen molar-refractivity contribution in [1.29, 1.82) is 0 Å². The molecule has 0 saturated heterocycles. The van der Waals surface area contributed by atoms with Crippen LogP contribution in [0.2, 0.25) is 0 Å². The van der Waals surface area contributed by atoms with Gasteiger partial charge in [0, 0.05) is 28.0 Å². The molecule has 0 aliphatic carbocycles. The van der Waals surface area contributed by atoms with E-state index < -0.39 is 0 Å². The van der Waals surface area contributed by atoms with Gasteiger partial charge in [-0.1, -0.05) is 30.3 Å². The van der Waals surface area contributed by atoms with Crippen LogP contribution in [-0.4, -0.2) is 10.5 Å². The van der Waals surface area contributed by atoms with Crippen LogP contribution in [0.1, 0.15) is 0 Å². The van der Waals surface area contributed by atoms with Crippen LogP contribution in [0.5, 0.6) is 0 Å². The zero-order valence-electron chi connectivity index (χ0n) is 10.6. The minimum Gasteiger partial charge on any atom is -0.412 e. The average molecular weight is 314 g/mol. The number of fused-ring (bicyclic) bond motifs is 1. The van der Waals surface area contributed by atoms with Gasteiger partial charge in [-0.2, -0.15) is 0 Å². The summed E-state index contributed by atoms with van der Waals surface area (Å²) in [7, 11) is 0. The normalized spacial score (nSPS) is 9.20. The van der Waals surface area contributed by atoms with Gasteiger partial charge in [-0.25, -0.2) is 0 Å². The minimum atomic E-state index is 0. The van der Waals surface area contributed by atoms with Crippen LogP contribution in [0.4, 0.5) is 11.4 Å². The highest BCUT2D eigenvalue weighted by atomic mass is 35.5. The second-order valence-corrected chi connectivity index (χ2v) is 4.12. The lowest BCUT2D eigenvalue weighted by atomic mass is 10.1. The number of nitrogens with two attached hydrogens (primary N) is 2. The van der Waals surface area contributed by atoms with Crippen molar-refractivity contribution in [1.82, 2.24) is 4.98 Å². The van der Waals surface area contributed by atoms with Gasteiger partial charge in [-0.3, -0.25) is 0 Å². The lowest BCUT2D eigenvalue weighted by molar-refractivity contribution is 0.824. The predicted molar refractivity (Wildman–Crippen MR) is 90.7 cm³/mol. The number of aromatic nitrogens is 1. The number of aromatic amines is 1. The lowest BCUT2D eigenvalue weighted by Crippen LogP contribution is -1.89. The molecule has 0 spiro atoms. The number of hydrogen-bond acceptors (Lipinski definition) is 2. The second kappa shape index (κ2) is 7.05. The number of nitrogens with one attached hydrogen (secondary N) is 1. The molecule has 0 radical (unpaired) electrons. The number of halogens is 2. The summed E-state index contributed by atoms with van der Waals surface area (Å²) in [6.07, 6.45) is 0. The molecule has 0 amide bonds. The first-order chi connectivity index (χ1) is 8.24. The average Bonchev–Trinajstić information content (AvgIpc) is 2.74. The van der Waals surface area contributed by atoms with Gasteiger partial charge in [0.2, 0.25) is 0 Å². The van der Waals surface area contributed by atoms with E-state index in [0.29, 0.717) is 11.4 Å². The molecule has 0 aliphatic rings. The zero-order valence-corrected chi connectivity index (χ0v) is 12.2. The van der Waals surface area contributed by atoms with E-state index in [2.05, 4.69) is 23.2 Å². The molecule has 7 N–H and O–H groups in total. The molecule has 108 valence electrons. The molecule has 3 rings (SSSR count). The third-order valence-electron chi connectivity index (χ3n) is 2.88. The van der Waals surface area contributed by atoms with Crippen LogP contribution >= 0.6 is 24.8 Å². The molecule has 4 nitrogen and oxygen atoms in total. The van der Waals surface area contributed by atoms with Crippen molar-refractivity contribution in [3.8, 4) is 11.3 Å². The summed E-state index contributed by atoms with van der Waals surface area (Å²) in [6.45, 7) is 0. The molecule has 3 aromatic rings. The molecule has 0 bridgehead atoms. The topological polar surface area (TPSA) is 99.3 Å². The van der Waals surface area contributed by atoms with Gasteiger partial charge in [-0.15, -0.1) is 24.8 Å². The SMILES string of the molecule is Cl.Cl.Nc1cc(N)c2cc(-c3ccccc3)[nH]c2c1.O. The van der Waals surface area contributed by atoms with E-state index in [4.69, 9.17) is 11.5 Å². The Morgan fingerprint density at radius 2 is 1.50 bits per heavy atom. The molecule has 0 atom stereocenters. The van der Waals surface area contributed by atoms with Gasteiger partial charge < -0.3 is 21.9 Å². The van der Waals surface area contributed by atoms with Gasteiger partial charge in [0.05, 0.1) is 0 Å². The molecular formula is C14H17Cl2N3O. The Balaban J connectivity index is 0.00000120. The van der Waals surface area contributed by atoms with Gasteiger partial charge in [0.15, 0.2) is 0 Å². The van der Waals surface area contributed by atoms with E-state index >= 15 is 0 Å². The molecule has 20 heavy (non-hydrogen) atoms. The van der Waals surface area contributed by atoms with E-state index in [1.165, 1.54) is 0 Å². The van der Waals surface area contributed by atoms with Crippen molar-refractivity contribution in [2.24, 2.45) is 0 Å². The van der Waals surface area contributed by atoms with Crippen LogP contribution in [-0.2, 0) is 0 Å². The summed E-state index contributed by atoms with van der Waals surface area (Å²) < 4.78 is 0. The molecule has 1 aromatic heterocycles. The summed E-state index contributed by atoms with van der Waals surface area (Å²) in [6, 6.07) is 15.9. The summed E-state index contributed by atoms with van der Waals surface area (Å²) in [5, 5.41) is 1.01. The summed E-state index contributed by atoms with van der Waals surface area (Å²) >= 11 is 0. The first kappa shape index (κ1) is 18.1. The molecule has 0 aliphatic heterocycles. The molecule has 0 fully saturated rings. The van der Waals surface area contributed by atoms with Crippen molar-refractivity contribution < 1.29 is 5.48 Å². The Morgan fingerprint density at radius 1 is 0.850 bits per heavy atom. The maximum Gasteiger partial charge on any atom is 0.0500 e. The maximum absolute atomic E-state index is 5.95. The number of hydrogen-bond donors (Lipinski definition) is 3. The van der Waals surface area contributed by atoms with Crippen molar-refractivity contribution in [3.63, 3.8) is 0 Å². The predicted octanol–water partition coefficient (Wildman–Crippen LogP) is 3.02. The first-order valence-corrected chi connectivity index (χ1v) is 5.47. The highest BCUT2D eigenvalue weighted by Crippen LogP contribution is 2.29. The number of H-pyrrole nitrogens is 1. The largest absolute Gasteiger partial charge is 0.412 e. The number of anilines is 2. The highest BCUT2D eigenvalue weighted by molar-refractivity contribution is 5.97. The first-order valence-electron chi connectivity index (χ1n) is 5.47. The van der Waals surface area contributed by atoms with Crippen molar-refractivity contribution in [3.05, 3.63) is 48.5 Å². The molecule has 0 unspecified atom stereocenters. The van der Waals surface area contributed by atoms with Gasteiger partial charge >= 0.3 is 0 Å². The Bertz CT molecular complexity index is 683. The molecule has 6 heteroatoms. The Morgan fingerprint density at radius 3 is 2.15 bits per heavy atom. The Hall–Kier alpha value is -1.88. The molecule has 2 aromatic carbocycles. The molecule has 0 saturated carbocycles. The van der Waals surface area contributed by atoms with Crippen molar-refractivity contribution in [2.75, 3.05) is 11.5 Å². The van der Waals surface area contributed by atoms with E-state index in [1.807, 2.05) is 24.3 Å². The summed E-state index contributed by atoms with van der Waals surface area (Å²) in [5.41, 5.74) is 16.3. The summed E-state index contributed by atoms with van der Waals surface area (Å²) in [4.78, 5) is 3.33. The number of nitrogen functional groups attached to an aromatic ring is 2. The lowest BCUT2D eigenvalue weighted by Gasteiger charge is -1.97. The maximum atomic E-state index is 5.95. The van der Waals surface area contributed by atoms with Gasteiger partial charge in [0.1, 0.15) is 0 Å². The number of benzene rings is 2. The van der Waals surface area contributed by atoms with Crippen LogP contribution in [0.25, 0.3) is 22.2 Å². The fourth-order valence-corrected chi connectivity index (χ4v) is 2.06. The third-order valence-corrected chi connectivity index (χ3v) is 2.88. The third kappa shape index (κ3) is 3.17. The number of rotatable bonds is 1. The standard InChI is InChI=1S/C14H13N3.2ClH.H2O/c15-10-6-12(16)11-8-13(17-14(11)7-10)9-4-2-1-3-5-9;;;/h1-8,17H,15-16H2;2*1H;1H2. The fourth-order valence-electron chi connectivity index (χ4n) is 2.06. The van der Waals surface area contributed by atoms with Gasteiger partial charge in [-0.05, 0) is 23.8 Å². The monoisotopic (exact) mass is 313 g/mol. The zero-order chi connectivity index (χ0) is 11.8. The van der Waals surface area contributed by atoms with E-state index in [-0.39, 0.29) is 30.3 Å². The van der Waals surface area contributed by atoms with Crippen LogP contribution in [0.15, 0.2) is 48.5 Å². The van der Waals surface area contributed by atoms with Crippen LogP contribution in [0.3, 0.4) is 0 Å². The molecule has 1 heterocycles. The van der Waals surface area contributed by atoms with E-state index in [0.717, 1.165) is 22.2 Å². The quantitative estimate of drug-likeness (QED) is 0.601. The Labute approximate surface area is 129 Å². The van der Waals surface area contributed by atoms with Crippen LogP contribution < -0.4 is 11.5 Å². The second-order valence-electron chi connectivity index (χ2n) is 4.12. The smallest absolute Gasteiger partial charge is 0.0500 e. The fraction of sp³-hybridized carbons (Fsp3) is 0. The van der Waals surface area contributed by atoms with E-state index in [1.54, 1.807) is 6.07 Å². The van der Waals surface area contributed by atoms with E-state index in [9.17, 15) is 0 Å². The molecular weight excluding hydrogens is 297 g/mol. The Kier molecular flexibility index (Phi) is 6.39. The van der Waals surface area contributed by atoms with Crippen molar-refractivity contribution >= 4 is 47.1 Å².